The van der Waals surface area contributed by atoms with Crippen LogP contribution in [0.15, 0.2) is 36.7 Å². The van der Waals surface area contributed by atoms with Gasteiger partial charge in [0.25, 0.3) is 5.91 Å². The van der Waals surface area contributed by atoms with Crippen LogP contribution in [-0.4, -0.2) is 35.4 Å². The standard InChI is InChI=1S/C16H21N3O2/c1-3-7-21-12(2)9-17-16(20)14-6-4-5-13(8-14)15-10-18-19-11-15/h4-6,8,10-12H,3,7,9H2,1-2H3,(H,17,20)(H,18,19)/t12-/m1/s1. The molecule has 0 aliphatic heterocycles. The molecule has 2 rings (SSSR count). The van der Waals surface area contributed by atoms with E-state index < -0.39 is 0 Å². The summed E-state index contributed by atoms with van der Waals surface area (Å²) in [6.45, 7) is 5.24. The molecule has 1 aromatic heterocycles. The van der Waals surface area contributed by atoms with Crippen LogP contribution in [0.4, 0.5) is 0 Å². The highest BCUT2D eigenvalue weighted by atomic mass is 16.5. The fourth-order valence-corrected chi connectivity index (χ4v) is 1.97. The van der Waals surface area contributed by atoms with Crippen LogP contribution in [0.1, 0.15) is 30.6 Å². The highest BCUT2D eigenvalue weighted by Gasteiger charge is 2.09. The number of amides is 1. The molecule has 1 aromatic carbocycles. The molecule has 0 radical (unpaired) electrons. The Morgan fingerprint density at radius 2 is 2.29 bits per heavy atom. The van der Waals surface area contributed by atoms with Gasteiger partial charge in [-0.3, -0.25) is 9.89 Å². The number of aromatic nitrogens is 2. The number of benzene rings is 1. The SMILES string of the molecule is CCCO[C@H](C)CNC(=O)c1cccc(-c2cn[nH]c2)c1. The van der Waals surface area contributed by atoms with Crippen LogP contribution in [-0.2, 0) is 4.74 Å². The average molecular weight is 287 g/mol. The van der Waals surface area contributed by atoms with Crippen molar-refractivity contribution in [2.75, 3.05) is 13.2 Å². The van der Waals surface area contributed by atoms with E-state index in [2.05, 4.69) is 22.4 Å². The number of carbonyl (C=O) groups excluding carboxylic acids is 1. The number of carbonyl (C=O) groups is 1. The molecule has 1 atom stereocenters. The minimum Gasteiger partial charge on any atom is -0.377 e. The van der Waals surface area contributed by atoms with E-state index in [1.54, 1.807) is 18.5 Å². The van der Waals surface area contributed by atoms with Crippen LogP contribution in [0.25, 0.3) is 11.1 Å². The van der Waals surface area contributed by atoms with Crippen molar-refractivity contribution >= 4 is 5.91 Å². The maximum absolute atomic E-state index is 12.2. The quantitative estimate of drug-likeness (QED) is 0.822. The van der Waals surface area contributed by atoms with Gasteiger partial charge in [-0.15, -0.1) is 0 Å². The minimum atomic E-state index is -0.0905. The first-order valence-electron chi connectivity index (χ1n) is 7.19. The van der Waals surface area contributed by atoms with E-state index in [9.17, 15) is 4.79 Å². The molecule has 5 heteroatoms. The number of aromatic amines is 1. The maximum atomic E-state index is 12.2. The third kappa shape index (κ3) is 4.43. The van der Waals surface area contributed by atoms with E-state index in [0.29, 0.717) is 18.7 Å². The van der Waals surface area contributed by atoms with Crippen LogP contribution >= 0.6 is 0 Å². The normalized spacial score (nSPS) is 12.1. The maximum Gasteiger partial charge on any atom is 0.251 e. The molecule has 0 unspecified atom stereocenters. The first kappa shape index (κ1) is 15.3. The molecule has 2 aromatic rings. The highest BCUT2D eigenvalue weighted by Crippen LogP contribution is 2.18. The smallest absolute Gasteiger partial charge is 0.251 e. The van der Waals surface area contributed by atoms with E-state index >= 15 is 0 Å². The minimum absolute atomic E-state index is 0.0194. The highest BCUT2D eigenvalue weighted by molar-refractivity contribution is 5.95. The molecule has 5 nitrogen and oxygen atoms in total. The average Bonchev–Trinajstić information content (AvgIpc) is 3.05. The lowest BCUT2D eigenvalue weighted by Gasteiger charge is -2.13. The molecule has 1 amide bonds. The molecule has 0 spiro atoms. The molecule has 0 fully saturated rings. The van der Waals surface area contributed by atoms with Crippen molar-refractivity contribution in [2.45, 2.75) is 26.4 Å². The molecule has 0 aliphatic rings. The summed E-state index contributed by atoms with van der Waals surface area (Å²) in [6, 6.07) is 7.48. The van der Waals surface area contributed by atoms with E-state index in [4.69, 9.17) is 4.74 Å². The van der Waals surface area contributed by atoms with Crippen molar-refractivity contribution in [3.05, 3.63) is 42.2 Å². The number of hydrogen-bond acceptors (Lipinski definition) is 3. The summed E-state index contributed by atoms with van der Waals surface area (Å²) in [6.07, 6.45) is 4.53. The Bertz CT molecular complexity index is 567. The van der Waals surface area contributed by atoms with Crippen LogP contribution in [0.3, 0.4) is 0 Å². The Labute approximate surface area is 124 Å². The Balaban J connectivity index is 1.95. The molecular formula is C16H21N3O2. The zero-order chi connectivity index (χ0) is 15.1. The predicted molar refractivity (Wildman–Crippen MR) is 82.1 cm³/mol. The number of H-pyrrole nitrogens is 1. The van der Waals surface area contributed by atoms with Crippen molar-refractivity contribution in [3.63, 3.8) is 0 Å². The van der Waals surface area contributed by atoms with E-state index in [1.807, 2.05) is 25.1 Å². The van der Waals surface area contributed by atoms with Gasteiger partial charge in [0.2, 0.25) is 0 Å². The number of nitrogens with zero attached hydrogens (tertiary/aromatic N) is 1. The molecule has 0 saturated heterocycles. The summed E-state index contributed by atoms with van der Waals surface area (Å²) in [5, 5.41) is 9.58. The summed E-state index contributed by atoms with van der Waals surface area (Å²) in [5.41, 5.74) is 2.56. The second kappa shape index (κ2) is 7.59. The second-order valence-corrected chi connectivity index (χ2v) is 4.96. The molecule has 0 saturated carbocycles. The Kier molecular flexibility index (Phi) is 5.51. The van der Waals surface area contributed by atoms with Gasteiger partial charge in [-0.1, -0.05) is 19.1 Å². The van der Waals surface area contributed by atoms with Gasteiger partial charge >= 0.3 is 0 Å². The fourth-order valence-electron chi connectivity index (χ4n) is 1.97. The van der Waals surface area contributed by atoms with Crippen LogP contribution in [0.5, 0.6) is 0 Å². The Hall–Kier alpha value is -2.14. The predicted octanol–water partition coefficient (Wildman–Crippen LogP) is 2.62. The van der Waals surface area contributed by atoms with Gasteiger partial charge in [-0.25, -0.2) is 0 Å². The second-order valence-electron chi connectivity index (χ2n) is 4.96. The van der Waals surface area contributed by atoms with Gasteiger partial charge < -0.3 is 10.1 Å². The summed E-state index contributed by atoms with van der Waals surface area (Å²) in [5.74, 6) is -0.0905. The third-order valence-electron chi connectivity index (χ3n) is 3.11. The first-order valence-corrected chi connectivity index (χ1v) is 7.19. The first-order chi connectivity index (χ1) is 10.2. The Morgan fingerprint density at radius 1 is 1.43 bits per heavy atom. The molecule has 112 valence electrons. The number of ether oxygens (including phenoxy) is 1. The van der Waals surface area contributed by atoms with Gasteiger partial charge in [0.05, 0.1) is 12.3 Å². The molecular weight excluding hydrogens is 266 g/mol. The van der Waals surface area contributed by atoms with E-state index in [1.165, 1.54) is 0 Å². The molecule has 21 heavy (non-hydrogen) atoms. The zero-order valence-electron chi connectivity index (χ0n) is 12.4. The largest absolute Gasteiger partial charge is 0.377 e. The van der Waals surface area contributed by atoms with Gasteiger partial charge in [-0.05, 0) is 31.0 Å². The topological polar surface area (TPSA) is 67.0 Å². The monoisotopic (exact) mass is 287 g/mol. The number of hydrogen-bond donors (Lipinski definition) is 2. The lowest BCUT2D eigenvalue weighted by atomic mass is 10.1. The van der Waals surface area contributed by atoms with Gasteiger partial charge in [0.15, 0.2) is 0 Å². The Morgan fingerprint density at radius 3 is 3.00 bits per heavy atom. The van der Waals surface area contributed by atoms with Crippen molar-refractivity contribution in [2.24, 2.45) is 0 Å². The van der Waals surface area contributed by atoms with Crippen molar-refractivity contribution < 1.29 is 9.53 Å². The van der Waals surface area contributed by atoms with Crippen molar-refractivity contribution in [1.82, 2.24) is 15.5 Å². The van der Waals surface area contributed by atoms with E-state index in [-0.39, 0.29) is 12.0 Å². The van der Waals surface area contributed by atoms with Crippen molar-refractivity contribution in [1.29, 1.82) is 0 Å². The number of rotatable bonds is 7. The molecule has 0 bridgehead atoms. The molecule has 0 aliphatic carbocycles. The van der Waals surface area contributed by atoms with Gasteiger partial charge in [-0.2, -0.15) is 5.10 Å². The van der Waals surface area contributed by atoms with Crippen LogP contribution in [0.2, 0.25) is 0 Å². The fraction of sp³-hybridized carbons (Fsp3) is 0.375. The third-order valence-corrected chi connectivity index (χ3v) is 3.11. The zero-order valence-corrected chi connectivity index (χ0v) is 12.4. The summed E-state index contributed by atoms with van der Waals surface area (Å²) >= 11 is 0. The lowest BCUT2D eigenvalue weighted by Crippen LogP contribution is -2.32. The summed E-state index contributed by atoms with van der Waals surface area (Å²) < 4.78 is 5.53. The van der Waals surface area contributed by atoms with Gasteiger partial charge in [0, 0.05) is 30.5 Å². The van der Waals surface area contributed by atoms with Crippen molar-refractivity contribution in [3.8, 4) is 11.1 Å². The molecule has 2 N–H and O–H groups in total. The number of nitrogens with one attached hydrogen (secondary N) is 2. The molecule has 1 heterocycles. The van der Waals surface area contributed by atoms with Gasteiger partial charge in [0.1, 0.15) is 0 Å². The summed E-state index contributed by atoms with van der Waals surface area (Å²) in [4.78, 5) is 12.2. The summed E-state index contributed by atoms with van der Waals surface area (Å²) in [7, 11) is 0. The van der Waals surface area contributed by atoms with Crippen LogP contribution < -0.4 is 5.32 Å². The van der Waals surface area contributed by atoms with Crippen LogP contribution in [0, 0.1) is 0 Å². The lowest BCUT2D eigenvalue weighted by molar-refractivity contribution is 0.0622. The van der Waals surface area contributed by atoms with E-state index in [0.717, 1.165) is 17.5 Å².